The van der Waals surface area contributed by atoms with Crippen LogP contribution >= 0.6 is 0 Å². The number of aromatic nitrogens is 1. The molecular weight excluding hydrogens is 321 g/mol. The van der Waals surface area contributed by atoms with Crippen molar-refractivity contribution < 1.29 is 14.3 Å². The molecule has 0 aromatic carbocycles. The third-order valence-electron chi connectivity index (χ3n) is 6.32. The van der Waals surface area contributed by atoms with E-state index in [0.29, 0.717) is 12.2 Å². The number of aliphatic hydroxyl groups is 1. The normalized spacial score (nSPS) is 33.3. The van der Waals surface area contributed by atoms with Crippen LogP contribution in [0.2, 0.25) is 0 Å². The number of amides is 1. The van der Waals surface area contributed by atoms with Crippen LogP contribution in [0.3, 0.4) is 0 Å². The summed E-state index contributed by atoms with van der Waals surface area (Å²) in [4.78, 5) is 21.2. The van der Waals surface area contributed by atoms with E-state index in [1.807, 2.05) is 4.90 Å². The average molecular weight is 347 g/mol. The van der Waals surface area contributed by atoms with E-state index in [0.717, 1.165) is 58.0 Å². The molecule has 1 spiro atoms. The zero-order valence-corrected chi connectivity index (χ0v) is 14.5. The van der Waals surface area contributed by atoms with Gasteiger partial charge < -0.3 is 14.9 Å². The van der Waals surface area contributed by atoms with Crippen molar-refractivity contribution >= 4 is 11.6 Å². The number of halogens is 1. The van der Waals surface area contributed by atoms with Crippen LogP contribution in [0.15, 0.2) is 18.5 Å². The van der Waals surface area contributed by atoms with Gasteiger partial charge in [0.05, 0.1) is 23.4 Å². The van der Waals surface area contributed by atoms with Crippen LogP contribution in [0.5, 0.6) is 0 Å². The molecule has 1 unspecified atom stereocenters. The third-order valence-corrected chi connectivity index (χ3v) is 6.32. The van der Waals surface area contributed by atoms with Crippen molar-refractivity contribution in [2.24, 2.45) is 5.41 Å². The van der Waals surface area contributed by atoms with Crippen molar-refractivity contribution in [3.63, 3.8) is 0 Å². The topological polar surface area (TPSA) is 56.7 Å². The lowest BCUT2D eigenvalue weighted by atomic mass is 9.78. The number of piperidine rings is 1. The van der Waals surface area contributed by atoms with E-state index in [4.69, 9.17) is 0 Å². The van der Waals surface area contributed by atoms with Crippen molar-refractivity contribution in [1.82, 2.24) is 9.88 Å². The van der Waals surface area contributed by atoms with Crippen molar-refractivity contribution in [3.8, 4) is 0 Å². The molecule has 1 amide bonds. The molecule has 1 atom stereocenters. The zero-order valence-electron chi connectivity index (χ0n) is 14.5. The van der Waals surface area contributed by atoms with Gasteiger partial charge in [0, 0.05) is 31.9 Å². The lowest BCUT2D eigenvalue weighted by Crippen LogP contribution is -2.50. The van der Waals surface area contributed by atoms with Gasteiger partial charge in [-0.05, 0) is 51.0 Å². The van der Waals surface area contributed by atoms with Gasteiger partial charge >= 0.3 is 0 Å². The molecule has 0 bridgehead atoms. The van der Waals surface area contributed by atoms with Gasteiger partial charge in [-0.2, -0.15) is 0 Å². The Morgan fingerprint density at radius 2 is 2.00 bits per heavy atom. The number of hydrogen-bond acceptors (Lipinski definition) is 4. The molecule has 1 aliphatic carbocycles. The standard InChI is InChI=1S/C19H26FN3O2/c20-16-12-21-9-6-17(16)22-10-1-7-19(13-22)8-11-23(18(19)25)14-2-4-15(24)5-3-14/h6,9,12,14-15,24H,1-5,7-8,10-11,13H2. The minimum absolute atomic E-state index is 0.206. The SMILES string of the molecule is O=C1N(C2CCC(O)CC2)CCC12CCCN(c1ccncc1F)C2. The fraction of sp³-hybridized carbons (Fsp3) is 0.684. The smallest absolute Gasteiger partial charge is 0.230 e. The van der Waals surface area contributed by atoms with Gasteiger partial charge in [-0.1, -0.05) is 0 Å². The fourth-order valence-electron chi connectivity index (χ4n) is 4.91. The van der Waals surface area contributed by atoms with Crippen LogP contribution in [0.4, 0.5) is 10.1 Å². The van der Waals surface area contributed by atoms with Gasteiger partial charge in [-0.15, -0.1) is 0 Å². The van der Waals surface area contributed by atoms with Gasteiger partial charge in [0.25, 0.3) is 0 Å². The van der Waals surface area contributed by atoms with E-state index in [2.05, 4.69) is 9.88 Å². The van der Waals surface area contributed by atoms with Crippen molar-refractivity contribution in [1.29, 1.82) is 0 Å². The highest BCUT2D eigenvalue weighted by Crippen LogP contribution is 2.43. The van der Waals surface area contributed by atoms with E-state index >= 15 is 0 Å². The molecule has 5 nitrogen and oxygen atoms in total. The fourth-order valence-corrected chi connectivity index (χ4v) is 4.91. The van der Waals surface area contributed by atoms with Crippen LogP contribution in [0.25, 0.3) is 0 Å². The second-order valence-corrected chi connectivity index (χ2v) is 7.84. The van der Waals surface area contributed by atoms with Crippen molar-refractivity contribution in [2.75, 3.05) is 24.5 Å². The zero-order chi connectivity index (χ0) is 17.4. The summed E-state index contributed by atoms with van der Waals surface area (Å²) >= 11 is 0. The van der Waals surface area contributed by atoms with Crippen molar-refractivity contribution in [3.05, 3.63) is 24.3 Å². The summed E-state index contributed by atoms with van der Waals surface area (Å²) in [6, 6.07) is 1.97. The summed E-state index contributed by atoms with van der Waals surface area (Å²) in [6.45, 7) is 2.18. The van der Waals surface area contributed by atoms with Gasteiger partial charge in [-0.25, -0.2) is 4.39 Å². The first-order valence-corrected chi connectivity index (χ1v) is 9.43. The Kier molecular flexibility index (Phi) is 4.40. The molecule has 1 saturated carbocycles. The van der Waals surface area contributed by atoms with Gasteiger partial charge in [-0.3, -0.25) is 9.78 Å². The number of anilines is 1. The van der Waals surface area contributed by atoms with E-state index in [9.17, 15) is 14.3 Å². The summed E-state index contributed by atoms with van der Waals surface area (Å²) in [5, 5.41) is 9.71. The number of hydrogen-bond donors (Lipinski definition) is 1. The largest absolute Gasteiger partial charge is 0.393 e. The van der Waals surface area contributed by atoms with Crippen LogP contribution in [0.1, 0.15) is 44.9 Å². The molecule has 1 N–H and O–H groups in total. The molecule has 2 aliphatic heterocycles. The monoisotopic (exact) mass is 347 g/mol. The Labute approximate surface area is 147 Å². The molecule has 136 valence electrons. The molecule has 2 saturated heterocycles. The van der Waals surface area contributed by atoms with Crippen molar-refractivity contribution in [2.45, 2.75) is 57.1 Å². The van der Waals surface area contributed by atoms with Gasteiger partial charge in [0.2, 0.25) is 5.91 Å². The predicted octanol–water partition coefficient (Wildman–Crippen LogP) is 2.34. The third kappa shape index (κ3) is 3.01. The summed E-state index contributed by atoms with van der Waals surface area (Å²) in [5.41, 5.74) is 0.186. The molecule has 3 heterocycles. The van der Waals surface area contributed by atoms with E-state index in [1.54, 1.807) is 12.3 Å². The van der Waals surface area contributed by atoms with Gasteiger partial charge in [0.1, 0.15) is 0 Å². The number of carbonyl (C=O) groups excluding carboxylic acids is 1. The second kappa shape index (κ2) is 6.56. The Morgan fingerprint density at radius 3 is 2.76 bits per heavy atom. The summed E-state index contributed by atoms with van der Waals surface area (Å²) in [6.07, 6.45) is 8.66. The molecule has 3 fully saturated rings. The second-order valence-electron chi connectivity index (χ2n) is 7.84. The maximum Gasteiger partial charge on any atom is 0.230 e. The highest BCUT2D eigenvalue weighted by Gasteiger charge is 2.50. The lowest BCUT2D eigenvalue weighted by Gasteiger charge is -2.41. The Bertz CT molecular complexity index is 647. The first-order chi connectivity index (χ1) is 12.1. The summed E-state index contributed by atoms with van der Waals surface area (Å²) in [5.74, 6) is -0.0730. The van der Waals surface area contributed by atoms with E-state index < -0.39 is 0 Å². The van der Waals surface area contributed by atoms with E-state index in [-0.39, 0.29) is 29.3 Å². The minimum Gasteiger partial charge on any atom is -0.393 e. The molecule has 3 aliphatic rings. The van der Waals surface area contributed by atoms with Crippen LogP contribution < -0.4 is 4.90 Å². The number of nitrogens with zero attached hydrogens (tertiary/aromatic N) is 3. The molecular formula is C19H26FN3O2. The predicted molar refractivity (Wildman–Crippen MR) is 92.7 cm³/mol. The molecule has 1 aromatic heterocycles. The van der Waals surface area contributed by atoms with Crippen LogP contribution in [0, 0.1) is 11.2 Å². The van der Waals surface area contributed by atoms with E-state index in [1.165, 1.54) is 6.20 Å². The highest BCUT2D eigenvalue weighted by atomic mass is 19.1. The Hall–Kier alpha value is -1.69. The summed E-state index contributed by atoms with van der Waals surface area (Å²) < 4.78 is 14.1. The molecule has 0 radical (unpaired) electrons. The van der Waals surface area contributed by atoms with Crippen LogP contribution in [-0.2, 0) is 4.79 Å². The maximum absolute atomic E-state index is 14.1. The highest BCUT2D eigenvalue weighted by molar-refractivity contribution is 5.86. The molecule has 6 heteroatoms. The quantitative estimate of drug-likeness (QED) is 0.892. The lowest BCUT2D eigenvalue weighted by molar-refractivity contribution is -0.139. The average Bonchev–Trinajstić information content (AvgIpc) is 2.92. The number of rotatable bonds is 2. The number of pyridine rings is 1. The molecule has 1 aromatic rings. The maximum atomic E-state index is 14.1. The molecule has 25 heavy (non-hydrogen) atoms. The number of likely N-dealkylation sites (tertiary alicyclic amines) is 1. The Balaban J connectivity index is 1.50. The number of aliphatic hydroxyl groups excluding tert-OH is 1. The van der Waals surface area contributed by atoms with Crippen LogP contribution in [-0.4, -0.2) is 52.7 Å². The number of carbonyl (C=O) groups is 1. The summed E-state index contributed by atoms with van der Waals surface area (Å²) in [7, 11) is 0. The van der Waals surface area contributed by atoms with Gasteiger partial charge in [0.15, 0.2) is 5.82 Å². The molecule has 4 rings (SSSR count). The first kappa shape index (κ1) is 16.8. The minimum atomic E-state index is -0.371. The Morgan fingerprint density at radius 1 is 1.20 bits per heavy atom. The first-order valence-electron chi connectivity index (χ1n) is 9.43.